The molecular weight excluding hydrogens is 236 g/mol. The Bertz CT molecular complexity index is 456. The van der Waals surface area contributed by atoms with E-state index in [1.165, 1.54) is 16.7 Å². The zero-order chi connectivity index (χ0) is 13.8. The minimum absolute atomic E-state index is 0.0182. The SMILES string of the molecule is CNC(=O)C1CC(Cc2ccc(C)c(C)c2)CCN1. The molecule has 3 heteroatoms. The summed E-state index contributed by atoms with van der Waals surface area (Å²) in [6.45, 7) is 5.24. The first-order valence-corrected chi connectivity index (χ1v) is 7.11. The normalized spacial score (nSPS) is 23.1. The van der Waals surface area contributed by atoms with E-state index in [0.717, 1.165) is 25.8 Å². The minimum atomic E-state index is -0.0182. The summed E-state index contributed by atoms with van der Waals surface area (Å²) in [5, 5.41) is 6.03. The molecule has 104 valence electrons. The Morgan fingerprint density at radius 2 is 2.16 bits per heavy atom. The van der Waals surface area contributed by atoms with E-state index >= 15 is 0 Å². The van der Waals surface area contributed by atoms with Gasteiger partial charge in [-0.15, -0.1) is 0 Å². The van der Waals surface area contributed by atoms with Crippen LogP contribution in [0.25, 0.3) is 0 Å². The lowest BCUT2D eigenvalue weighted by Gasteiger charge is -2.29. The fourth-order valence-corrected chi connectivity index (χ4v) is 2.82. The van der Waals surface area contributed by atoms with Gasteiger partial charge in [0.2, 0.25) is 5.91 Å². The van der Waals surface area contributed by atoms with E-state index < -0.39 is 0 Å². The van der Waals surface area contributed by atoms with Crippen molar-refractivity contribution in [2.24, 2.45) is 5.92 Å². The smallest absolute Gasteiger partial charge is 0.236 e. The van der Waals surface area contributed by atoms with E-state index in [-0.39, 0.29) is 11.9 Å². The van der Waals surface area contributed by atoms with E-state index in [1.807, 2.05) is 0 Å². The second-order valence-electron chi connectivity index (χ2n) is 5.63. The van der Waals surface area contributed by atoms with Crippen molar-refractivity contribution >= 4 is 5.91 Å². The van der Waals surface area contributed by atoms with Crippen molar-refractivity contribution in [2.75, 3.05) is 13.6 Å². The highest BCUT2D eigenvalue weighted by Gasteiger charge is 2.26. The Hall–Kier alpha value is -1.35. The monoisotopic (exact) mass is 260 g/mol. The molecule has 2 unspecified atom stereocenters. The predicted octanol–water partition coefficient (Wildman–Crippen LogP) is 1.96. The number of hydrogen-bond donors (Lipinski definition) is 2. The lowest BCUT2D eigenvalue weighted by atomic mass is 9.86. The summed E-state index contributed by atoms with van der Waals surface area (Å²) in [7, 11) is 1.71. The fraction of sp³-hybridized carbons (Fsp3) is 0.562. The molecule has 1 fully saturated rings. The molecule has 0 spiro atoms. The summed E-state index contributed by atoms with van der Waals surface area (Å²) in [6, 6.07) is 6.68. The maximum absolute atomic E-state index is 11.7. The molecule has 0 aromatic heterocycles. The first-order valence-electron chi connectivity index (χ1n) is 7.11. The number of hydrogen-bond acceptors (Lipinski definition) is 2. The van der Waals surface area contributed by atoms with E-state index in [4.69, 9.17) is 0 Å². The molecule has 1 amide bonds. The molecule has 1 aliphatic rings. The van der Waals surface area contributed by atoms with Crippen molar-refractivity contribution < 1.29 is 4.79 Å². The standard InChI is InChI=1S/C16H24N2O/c1-11-4-5-13(8-12(11)2)9-14-6-7-18-15(10-14)16(19)17-3/h4-5,8,14-15,18H,6-7,9-10H2,1-3H3,(H,17,19). The summed E-state index contributed by atoms with van der Waals surface area (Å²) in [4.78, 5) is 11.7. The molecule has 2 rings (SSSR count). The molecule has 2 N–H and O–H groups in total. The van der Waals surface area contributed by atoms with Crippen LogP contribution in [0.4, 0.5) is 0 Å². The molecule has 2 atom stereocenters. The second-order valence-corrected chi connectivity index (χ2v) is 5.63. The van der Waals surface area contributed by atoms with E-state index in [2.05, 4.69) is 42.7 Å². The Morgan fingerprint density at radius 1 is 1.37 bits per heavy atom. The minimum Gasteiger partial charge on any atom is -0.358 e. The van der Waals surface area contributed by atoms with Crippen LogP contribution in [0.2, 0.25) is 0 Å². The van der Waals surface area contributed by atoms with Gasteiger partial charge in [0, 0.05) is 7.05 Å². The van der Waals surface area contributed by atoms with Crippen LogP contribution in [-0.2, 0) is 11.2 Å². The summed E-state index contributed by atoms with van der Waals surface area (Å²) < 4.78 is 0. The maximum Gasteiger partial charge on any atom is 0.236 e. The third-order valence-corrected chi connectivity index (χ3v) is 4.17. The number of likely N-dealkylation sites (N-methyl/N-ethyl adjacent to an activating group) is 1. The summed E-state index contributed by atoms with van der Waals surface area (Å²) in [5.41, 5.74) is 4.09. The van der Waals surface area contributed by atoms with Crippen molar-refractivity contribution in [3.8, 4) is 0 Å². The van der Waals surface area contributed by atoms with Gasteiger partial charge < -0.3 is 10.6 Å². The number of amides is 1. The number of piperidine rings is 1. The van der Waals surface area contributed by atoms with Gasteiger partial charge in [-0.1, -0.05) is 18.2 Å². The number of carbonyl (C=O) groups is 1. The maximum atomic E-state index is 11.7. The zero-order valence-corrected chi connectivity index (χ0v) is 12.1. The van der Waals surface area contributed by atoms with Gasteiger partial charge in [0.05, 0.1) is 6.04 Å². The number of nitrogens with one attached hydrogen (secondary N) is 2. The van der Waals surface area contributed by atoms with Crippen LogP contribution in [0.3, 0.4) is 0 Å². The Balaban J connectivity index is 1.98. The molecule has 19 heavy (non-hydrogen) atoms. The topological polar surface area (TPSA) is 41.1 Å². The molecule has 1 saturated heterocycles. The van der Waals surface area contributed by atoms with Crippen LogP contribution >= 0.6 is 0 Å². The molecule has 0 bridgehead atoms. The Kier molecular flexibility index (Phi) is 4.59. The highest BCUT2D eigenvalue weighted by Crippen LogP contribution is 2.22. The van der Waals surface area contributed by atoms with Crippen LogP contribution in [-0.4, -0.2) is 25.5 Å². The molecular formula is C16H24N2O. The van der Waals surface area contributed by atoms with E-state index in [0.29, 0.717) is 5.92 Å². The van der Waals surface area contributed by atoms with Crippen molar-refractivity contribution in [3.63, 3.8) is 0 Å². The van der Waals surface area contributed by atoms with Gasteiger partial charge in [-0.2, -0.15) is 0 Å². The average Bonchev–Trinajstić information content (AvgIpc) is 2.42. The molecule has 0 radical (unpaired) electrons. The summed E-state index contributed by atoms with van der Waals surface area (Å²) in [5.74, 6) is 0.718. The quantitative estimate of drug-likeness (QED) is 0.872. The fourth-order valence-electron chi connectivity index (χ4n) is 2.82. The zero-order valence-electron chi connectivity index (χ0n) is 12.1. The first kappa shape index (κ1) is 14.1. The lowest BCUT2D eigenvalue weighted by Crippen LogP contribution is -2.48. The number of benzene rings is 1. The average molecular weight is 260 g/mol. The van der Waals surface area contributed by atoms with Crippen LogP contribution in [0.1, 0.15) is 29.5 Å². The van der Waals surface area contributed by atoms with Gasteiger partial charge in [0.25, 0.3) is 0 Å². The van der Waals surface area contributed by atoms with Gasteiger partial charge >= 0.3 is 0 Å². The molecule has 1 aromatic carbocycles. The van der Waals surface area contributed by atoms with Gasteiger partial charge in [0.15, 0.2) is 0 Å². The molecule has 0 saturated carbocycles. The summed E-state index contributed by atoms with van der Waals surface area (Å²) >= 11 is 0. The third-order valence-electron chi connectivity index (χ3n) is 4.17. The van der Waals surface area contributed by atoms with Crippen molar-refractivity contribution in [2.45, 2.75) is 39.2 Å². The molecule has 1 aliphatic heterocycles. The Morgan fingerprint density at radius 3 is 2.84 bits per heavy atom. The van der Waals surface area contributed by atoms with Crippen LogP contribution in [0.5, 0.6) is 0 Å². The van der Waals surface area contributed by atoms with Gasteiger partial charge in [-0.3, -0.25) is 4.79 Å². The third kappa shape index (κ3) is 3.57. The predicted molar refractivity (Wildman–Crippen MR) is 78.2 cm³/mol. The van der Waals surface area contributed by atoms with Crippen LogP contribution in [0.15, 0.2) is 18.2 Å². The first-order chi connectivity index (χ1) is 9.10. The largest absolute Gasteiger partial charge is 0.358 e. The highest BCUT2D eigenvalue weighted by molar-refractivity contribution is 5.81. The molecule has 1 heterocycles. The lowest BCUT2D eigenvalue weighted by molar-refractivity contribution is -0.123. The highest BCUT2D eigenvalue weighted by atomic mass is 16.2. The Labute approximate surface area is 115 Å². The van der Waals surface area contributed by atoms with Gasteiger partial charge in [0.1, 0.15) is 0 Å². The molecule has 1 aromatic rings. The number of rotatable bonds is 3. The van der Waals surface area contributed by atoms with Crippen molar-refractivity contribution in [1.82, 2.24) is 10.6 Å². The van der Waals surface area contributed by atoms with Crippen molar-refractivity contribution in [1.29, 1.82) is 0 Å². The van der Waals surface area contributed by atoms with Gasteiger partial charge in [-0.25, -0.2) is 0 Å². The number of aryl methyl sites for hydroxylation is 2. The van der Waals surface area contributed by atoms with Crippen LogP contribution < -0.4 is 10.6 Å². The second kappa shape index (κ2) is 6.20. The van der Waals surface area contributed by atoms with Crippen LogP contribution in [0, 0.1) is 19.8 Å². The van der Waals surface area contributed by atoms with Gasteiger partial charge in [-0.05, 0) is 62.3 Å². The summed E-state index contributed by atoms with van der Waals surface area (Å²) in [6.07, 6.45) is 3.17. The molecule has 3 nitrogen and oxygen atoms in total. The van der Waals surface area contributed by atoms with Crippen molar-refractivity contribution in [3.05, 3.63) is 34.9 Å². The molecule has 0 aliphatic carbocycles. The van der Waals surface area contributed by atoms with E-state index in [1.54, 1.807) is 7.05 Å². The van der Waals surface area contributed by atoms with E-state index in [9.17, 15) is 4.79 Å². The number of carbonyl (C=O) groups excluding carboxylic acids is 1.